The number of likely N-dealkylation sites (tertiary alicyclic amines) is 1. The Kier molecular flexibility index (Phi) is 7.06. The molecule has 2 heteroatoms. The second-order valence-corrected chi connectivity index (χ2v) is 5.46. The Morgan fingerprint density at radius 1 is 1.25 bits per heavy atom. The molecule has 96 valence electrons. The van der Waals surface area contributed by atoms with Gasteiger partial charge in [-0.05, 0) is 71.1 Å². The van der Waals surface area contributed by atoms with Gasteiger partial charge >= 0.3 is 0 Å². The topological polar surface area (TPSA) is 15.3 Å². The molecule has 0 aromatic carbocycles. The molecular weight excluding hydrogens is 196 g/mol. The summed E-state index contributed by atoms with van der Waals surface area (Å²) in [6, 6.07) is 0.759. The van der Waals surface area contributed by atoms with E-state index in [1.165, 1.54) is 58.3 Å². The highest BCUT2D eigenvalue weighted by atomic mass is 15.1. The average Bonchev–Trinajstić information content (AvgIpc) is 2.49. The molecular formula is C14H30N2. The van der Waals surface area contributed by atoms with Gasteiger partial charge in [-0.15, -0.1) is 0 Å². The Morgan fingerprint density at radius 2 is 2.06 bits per heavy atom. The fraction of sp³-hybridized carbons (Fsp3) is 1.00. The number of hydrogen-bond acceptors (Lipinski definition) is 2. The van der Waals surface area contributed by atoms with Gasteiger partial charge in [0.2, 0.25) is 0 Å². The van der Waals surface area contributed by atoms with Gasteiger partial charge in [0.05, 0.1) is 0 Å². The molecule has 1 fully saturated rings. The van der Waals surface area contributed by atoms with E-state index in [2.05, 4.69) is 31.0 Å². The maximum Gasteiger partial charge on any atom is 0.00790 e. The van der Waals surface area contributed by atoms with Crippen molar-refractivity contribution in [2.75, 3.05) is 26.2 Å². The largest absolute Gasteiger partial charge is 0.317 e. The minimum atomic E-state index is 0.759. The van der Waals surface area contributed by atoms with Gasteiger partial charge in [-0.1, -0.05) is 13.8 Å². The fourth-order valence-corrected chi connectivity index (χ4v) is 2.52. The smallest absolute Gasteiger partial charge is 0.00790 e. The highest BCUT2D eigenvalue weighted by Crippen LogP contribution is 2.18. The van der Waals surface area contributed by atoms with E-state index in [1.807, 2.05) is 0 Å². The molecule has 1 aliphatic heterocycles. The Bertz CT molecular complexity index is 170. The number of rotatable bonds is 6. The first kappa shape index (κ1) is 14.0. The standard InChI is InChI=1S/C14H30N2/c1-4-9-15-10-7-14(3)16-11-5-6-13(2)8-12-16/h13-15H,4-12H2,1-3H3. The summed E-state index contributed by atoms with van der Waals surface area (Å²) in [5, 5.41) is 3.50. The zero-order valence-corrected chi connectivity index (χ0v) is 11.5. The summed E-state index contributed by atoms with van der Waals surface area (Å²) in [6.07, 6.45) is 6.77. The van der Waals surface area contributed by atoms with Gasteiger partial charge in [0.15, 0.2) is 0 Å². The second kappa shape index (κ2) is 8.08. The Morgan fingerprint density at radius 3 is 2.81 bits per heavy atom. The third-order valence-electron chi connectivity index (χ3n) is 3.84. The molecule has 2 atom stereocenters. The van der Waals surface area contributed by atoms with Crippen molar-refractivity contribution >= 4 is 0 Å². The van der Waals surface area contributed by atoms with E-state index in [-0.39, 0.29) is 0 Å². The molecule has 0 bridgehead atoms. The van der Waals surface area contributed by atoms with Crippen LogP contribution in [0.25, 0.3) is 0 Å². The second-order valence-electron chi connectivity index (χ2n) is 5.46. The normalized spacial score (nSPS) is 25.3. The van der Waals surface area contributed by atoms with Crippen molar-refractivity contribution in [2.45, 2.75) is 58.9 Å². The lowest BCUT2D eigenvalue weighted by molar-refractivity contribution is 0.204. The number of nitrogens with one attached hydrogen (secondary N) is 1. The van der Waals surface area contributed by atoms with E-state index >= 15 is 0 Å². The van der Waals surface area contributed by atoms with Crippen molar-refractivity contribution < 1.29 is 0 Å². The van der Waals surface area contributed by atoms with Gasteiger partial charge in [-0.2, -0.15) is 0 Å². The SMILES string of the molecule is CCCNCCC(C)N1CCCC(C)CC1. The number of hydrogen-bond donors (Lipinski definition) is 1. The molecule has 0 spiro atoms. The summed E-state index contributed by atoms with van der Waals surface area (Å²) in [4.78, 5) is 2.69. The molecule has 1 heterocycles. The third kappa shape index (κ3) is 5.31. The molecule has 1 saturated heterocycles. The van der Waals surface area contributed by atoms with Crippen molar-refractivity contribution in [3.05, 3.63) is 0 Å². The Hall–Kier alpha value is -0.0800. The molecule has 16 heavy (non-hydrogen) atoms. The predicted molar refractivity (Wildman–Crippen MR) is 71.8 cm³/mol. The quantitative estimate of drug-likeness (QED) is 0.701. The molecule has 2 nitrogen and oxygen atoms in total. The van der Waals surface area contributed by atoms with Crippen LogP contribution in [-0.4, -0.2) is 37.1 Å². The van der Waals surface area contributed by atoms with Crippen LogP contribution in [0, 0.1) is 5.92 Å². The molecule has 0 amide bonds. The molecule has 0 aromatic rings. The molecule has 0 saturated carbocycles. The minimum absolute atomic E-state index is 0.759. The molecule has 1 N–H and O–H groups in total. The first-order chi connectivity index (χ1) is 7.74. The fourth-order valence-electron chi connectivity index (χ4n) is 2.52. The van der Waals surface area contributed by atoms with Gasteiger partial charge in [0.25, 0.3) is 0 Å². The van der Waals surface area contributed by atoms with Crippen LogP contribution in [-0.2, 0) is 0 Å². The molecule has 1 aliphatic rings. The predicted octanol–water partition coefficient (Wildman–Crippen LogP) is 2.89. The van der Waals surface area contributed by atoms with Gasteiger partial charge in [0, 0.05) is 6.04 Å². The van der Waals surface area contributed by atoms with E-state index in [1.54, 1.807) is 0 Å². The lowest BCUT2D eigenvalue weighted by atomic mass is 10.0. The van der Waals surface area contributed by atoms with Gasteiger partial charge in [-0.3, -0.25) is 0 Å². The van der Waals surface area contributed by atoms with Crippen LogP contribution in [0.1, 0.15) is 52.9 Å². The van der Waals surface area contributed by atoms with Crippen LogP contribution >= 0.6 is 0 Å². The average molecular weight is 226 g/mol. The van der Waals surface area contributed by atoms with Gasteiger partial charge in [0.1, 0.15) is 0 Å². The lowest BCUT2D eigenvalue weighted by Crippen LogP contribution is -2.36. The summed E-state index contributed by atoms with van der Waals surface area (Å²) < 4.78 is 0. The summed E-state index contributed by atoms with van der Waals surface area (Å²) in [7, 11) is 0. The Balaban J connectivity index is 2.16. The van der Waals surface area contributed by atoms with E-state index in [4.69, 9.17) is 0 Å². The van der Waals surface area contributed by atoms with Crippen molar-refractivity contribution in [1.29, 1.82) is 0 Å². The van der Waals surface area contributed by atoms with Crippen LogP contribution in [0.15, 0.2) is 0 Å². The maximum atomic E-state index is 3.50. The lowest BCUT2D eigenvalue weighted by Gasteiger charge is -2.27. The third-order valence-corrected chi connectivity index (χ3v) is 3.84. The van der Waals surface area contributed by atoms with Crippen molar-refractivity contribution in [3.8, 4) is 0 Å². The highest BCUT2D eigenvalue weighted by Gasteiger charge is 2.17. The monoisotopic (exact) mass is 226 g/mol. The molecule has 0 aromatic heterocycles. The first-order valence-corrected chi connectivity index (χ1v) is 7.18. The van der Waals surface area contributed by atoms with Crippen LogP contribution < -0.4 is 5.32 Å². The zero-order valence-electron chi connectivity index (χ0n) is 11.5. The van der Waals surface area contributed by atoms with Crippen LogP contribution in [0.2, 0.25) is 0 Å². The van der Waals surface area contributed by atoms with Crippen LogP contribution in [0.4, 0.5) is 0 Å². The summed E-state index contributed by atoms with van der Waals surface area (Å²) in [6.45, 7) is 12.0. The van der Waals surface area contributed by atoms with Gasteiger partial charge in [-0.25, -0.2) is 0 Å². The van der Waals surface area contributed by atoms with E-state index < -0.39 is 0 Å². The maximum absolute atomic E-state index is 3.50. The van der Waals surface area contributed by atoms with Crippen molar-refractivity contribution in [2.24, 2.45) is 5.92 Å². The highest BCUT2D eigenvalue weighted by molar-refractivity contribution is 4.73. The Labute approximate surface area is 102 Å². The first-order valence-electron chi connectivity index (χ1n) is 7.18. The summed E-state index contributed by atoms with van der Waals surface area (Å²) >= 11 is 0. The van der Waals surface area contributed by atoms with Crippen molar-refractivity contribution in [1.82, 2.24) is 10.2 Å². The molecule has 1 rings (SSSR count). The molecule has 0 radical (unpaired) electrons. The minimum Gasteiger partial charge on any atom is -0.317 e. The zero-order chi connectivity index (χ0) is 11.8. The van der Waals surface area contributed by atoms with E-state index in [0.29, 0.717) is 0 Å². The van der Waals surface area contributed by atoms with Crippen LogP contribution in [0.5, 0.6) is 0 Å². The molecule has 0 aliphatic carbocycles. The number of nitrogens with zero attached hydrogens (tertiary/aromatic N) is 1. The molecule has 2 unspecified atom stereocenters. The van der Waals surface area contributed by atoms with Crippen LogP contribution in [0.3, 0.4) is 0 Å². The summed E-state index contributed by atoms with van der Waals surface area (Å²) in [5.74, 6) is 0.940. The van der Waals surface area contributed by atoms with E-state index in [0.717, 1.165) is 12.0 Å². The van der Waals surface area contributed by atoms with Gasteiger partial charge < -0.3 is 10.2 Å². The summed E-state index contributed by atoms with van der Waals surface area (Å²) in [5.41, 5.74) is 0. The van der Waals surface area contributed by atoms with E-state index in [9.17, 15) is 0 Å². The van der Waals surface area contributed by atoms with Crippen molar-refractivity contribution in [3.63, 3.8) is 0 Å².